The maximum absolute atomic E-state index is 2.47. The number of benzene rings is 7. The van der Waals surface area contributed by atoms with Crippen molar-refractivity contribution in [2.75, 3.05) is 4.90 Å². The molecule has 0 radical (unpaired) electrons. The van der Waals surface area contributed by atoms with Crippen molar-refractivity contribution in [1.29, 1.82) is 0 Å². The molecular formula is C43H31NS. The summed E-state index contributed by atoms with van der Waals surface area (Å²) < 4.78 is 2.62. The van der Waals surface area contributed by atoms with Gasteiger partial charge in [-0.15, -0.1) is 11.3 Å². The third-order valence-corrected chi connectivity index (χ3v) is 10.8. The Morgan fingerprint density at radius 1 is 0.489 bits per heavy atom. The van der Waals surface area contributed by atoms with Crippen molar-refractivity contribution >= 4 is 59.3 Å². The average molecular weight is 594 g/mol. The van der Waals surface area contributed by atoms with Crippen LogP contribution in [0.1, 0.15) is 25.0 Å². The van der Waals surface area contributed by atoms with Crippen molar-refractivity contribution in [2.45, 2.75) is 19.3 Å². The summed E-state index contributed by atoms with van der Waals surface area (Å²) in [6.07, 6.45) is 0. The first kappa shape index (κ1) is 26.2. The molecule has 45 heavy (non-hydrogen) atoms. The maximum Gasteiger partial charge on any atom is 0.0640 e. The fourth-order valence-corrected chi connectivity index (χ4v) is 8.57. The largest absolute Gasteiger partial charge is 0.309 e. The molecule has 7 aromatic carbocycles. The van der Waals surface area contributed by atoms with Gasteiger partial charge in [-0.3, -0.25) is 0 Å². The van der Waals surface area contributed by atoms with Crippen LogP contribution in [0.3, 0.4) is 0 Å². The number of fused-ring (bicyclic) bond motifs is 7. The molecule has 0 saturated heterocycles. The van der Waals surface area contributed by atoms with E-state index in [0.29, 0.717) is 0 Å². The second-order valence-corrected chi connectivity index (χ2v) is 13.7. The van der Waals surface area contributed by atoms with Crippen molar-refractivity contribution in [1.82, 2.24) is 0 Å². The fourth-order valence-electron chi connectivity index (χ4n) is 7.36. The Balaban J connectivity index is 1.27. The molecule has 0 unspecified atom stereocenters. The van der Waals surface area contributed by atoms with E-state index in [4.69, 9.17) is 0 Å². The van der Waals surface area contributed by atoms with Crippen LogP contribution in [-0.2, 0) is 5.41 Å². The zero-order valence-electron chi connectivity index (χ0n) is 25.3. The highest BCUT2D eigenvalue weighted by atomic mass is 32.1. The Morgan fingerprint density at radius 2 is 1.20 bits per heavy atom. The molecule has 0 atom stereocenters. The van der Waals surface area contributed by atoms with Crippen molar-refractivity contribution in [3.05, 3.63) is 163 Å². The third kappa shape index (κ3) is 4.06. The molecule has 1 aromatic heterocycles. The lowest BCUT2D eigenvalue weighted by Gasteiger charge is -2.29. The van der Waals surface area contributed by atoms with Gasteiger partial charge in [-0.05, 0) is 86.6 Å². The lowest BCUT2D eigenvalue weighted by molar-refractivity contribution is 0.660. The Bertz CT molecular complexity index is 2430. The minimum Gasteiger partial charge on any atom is -0.309 e. The Morgan fingerprint density at radius 3 is 2.13 bits per heavy atom. The summed E-state index contributed by atoms with van der Waals surface area (Å²) >= 11 is 1.88. The summed E-state index contributed by atoms with van der Waals surface area (Å²) in [5.41, 5.74) is 11.3. The normalized spacial score (nSPS) is 13.3. The van der Waals surface area contributed by atoms with E-state index in [9.17, 15) is 0 Å². The van der Waals surface area contributed by atoms with Crippen LogP contribution < -0.4 is 4.90 Å². The van der Waals surface area contributed by atoms with Crippen molar-refractivity contribution < 1.29 is 0 Å². The number of rotatable bonds is 4. The van der Waals surface area contributed by atoms with Crippen LogP contribution >= 0.6 is 11.3 Å². The molecule has 0 aliphatic heterocycles. The van der Waals surface area contributed by atoms with Crippen molar-refractivity contribution in [3.8, 4) is 22.3 Å². The predicted octanol–water partition coefficient (Wildman–Crippen LogP) is 12.7. The molecule has 1 aliphatic carbocycles. The van der Waals surface area contributed by atoms with Crippen LogP contribution in [0.15, 0.2) is 152 Å². The van der Waals surface area contributed by atoms with Gasteiger partial charge in [0.15, 0.2) is 0 Å². The number of hydrogen-bond acceptors (Lipinski definition) is 2. The van der Waals surface area contributed by atoms with Gasteiger partial charge < -0.3 is 4.90 Å². The zero-order valence-corrected chi connectivity index (χ0v) is 26.1. The van der Waals surface area contributed by atoms with Gasteiger partial charge >= 0.3 is 0 Å². The number of nitrogens with zero attached hydrogens (tertiary/aromatic N) is 1. The molecule has 1 nitrogen and oxygen atoms in total. The molecule has 214 valence electrons. The summed E-state index contributed by atoms with van der Waals surface area (Å²) in [6, 6.07) is 55.9. The number of hydrogen-bond donors (Lipinski definition) is 0. The SMILES string of the molecule is CC1(C)c2ccccc2-c2ccc(N(c3cccc(-c4ccc5ccccc5c4)c3)c3cccc4c3sc3ccccc34)cc21. The molecule has 1 aliphatic rings. The summed E-state index contributed by atoms with van der Waals surface area (Å²) in [6.45, 7) is 4.72. The standard InChI is InChI=1S/C43H31NS/c1-43(2)38-18-7-5-15-34(38)35-24-23-33(27-39(35)43)44(40-19-10-17-37-36-16-6-8-20-41(36)45-42(37)40)32-14-9-13-30(26-32)31-22-21-28-11-3-4-12-29(28)25-31/h3-27H,1-2H3. The molecule has 2 heteroatoms. The van der Waals surface area contributed by atoms with E-state index in [-0.39, 0.29) is 5.41 Å². The second kappa shape index (κ2) is 9.92. The lowest BCUT2D eigenvalue weighted by atomic mass is 9.82. The molecule has 0 spiro atoms. The lowest BCUT2D eigenvalue weighted by Crippen LogP contribution is -2.16. The highest BCUT2D eigenvalue weighted by Crippen LogP contribution is 2.51. The molecule has 0 saturated carbocycles. The predicted molar refractivity (Wildman–Crippen MR) is 195 cm³/mol. The maximum atomic E-state index is 2.47. The van der Waals surface area contributed by atoms with Crippen molar-refractivity contribution in [3.63, 3.8) is 0 Å². The van der Waals surface area contributed by atoms with E-state index in [2.05, 4.69) is 170 Å². The number of thiophene rings is 1. The van der Waals surface area contributed by atoms with E-state index in [1.54, 1.807) is 0 Å². The van der Waals surface area contributed by atoms with Crippen LogP contribution in [-0.4, -0.2) is 0 Å². The van der Waals surface area contributed by atoms with Gasteiger partial charge in [0.2, 0.25) is 0 Å². The average Bonchev–Trinajstić information content (AvgIpc) is 3.58. The Kier molecular flexibility index (Phi) is 5.78. The van der Waals surface area contributed by atoms with Gasteiger partial charge in [-0.1, -0.05) is 123 Å². The topological polar surface area (TPSA) is 3.24 Å². The first-order chi connectivity index (χ1) is 22.1. The fraction of sp³-hybridized carbons (Fsp3) is 0.0698. The summed E-state index contributed by atoms with van der Waals surface area (Å²) in [4.78, 5) is 2.47. The monoisotopic (exact) mass is 593 g/mol. The molecule has 9 rings (SSSR count). The Labute approximate surface area is 267 Å². The van der Waals surface area contributed by atoms with Gasteiger partial charge in [0.1, 0.15) is 0 Å². The van der Waals surface area contributed by atoms with E-state index in [1.807, 2.05) is 11.3 Å². The second-order valence-electron chi connectivity index (χ2n) is 12.6. The highest BCUT2D eigenvalue weighted by molar-refractivity contribution is 7.26. The van der Waals surface area contributed by atoms with E-state index in [0.717, 1.165) is 5.69 Å². The minimum absolute atomic E-state index is 0.0792. The minimum atomic E-state index is -0.0792. The van der Waals surface area contributed by atoms with Crippen LogP contribution in [0.4, 0.5) is 17.1 Å². The van der Waals surface area contributed by atoms with Crippen LogP contribution in [0.2, 0.25) is 0 Å². The molecule has 0 amide bonds. The van der Waals surface area contributed by atoms with Crippen molar-refractivity contribution in [2.24, 2.45) is 0 Å². The van der Waals surface area contributed by atoms with E-state index in [1.165, 1.54) is 75.7 Å². The van der Waals surface area contributed by atoms with Gasteiger partial charge in [-0.25, -0.2) is 0 Å². The smallest absolute Gasteiger partial charge is 0.0640 e. The first-order valence-corrected chi connectivity index (χ1v) is 16.4. The quantitative estimate of drug-likeness (QED) is 0.196. The highest BCUT2D eigenvalue weighted by Gasteiger charge is 2.35. The molecular weight excluding hydrogens is 563 g/mol. The Hall–Kier alpha value is -5.18. The van der Waals surface area contributed by atoms with Gasteiger partial charge in [0.05, 0.1) is 10.4 Å². The summed E-state index contributed by atoms with van der Waals surface area (Å²) in [5.74, 6) is 0. The number of anilines is 3. The van der Waals surface area contributed by atoms with Crippen LogP contribution in [0, 0.1) is 0 Å². The van der Waals surface area contributed by atoms with Gasteiger partial charge in [0, 0.05) is 32.3 Å². The molecule has 0 bridgehead atoms. The van der Waals surface area contributed by atoms with Crippen LogP contribution in [0.5, 0.6) is 0 Å². The summed E-state index contributed by atoms with van der Waals surface area (Å²) in [7, 11) is 0. The third-order valence-electron chi connectivity index (χ3n) is 9.64. The molecule has 0 fully saturated rings. The molecule has 8 aromatic rings. The first-order valence-electron chi connectivity index (χ1n) is 15.6. The van der Waals surface area contributed by atoms with Gasteiger partial charge in [-0.2, -0.15) is 0 Å². The summed E-state index contributed by atoms with van der Waals surface area (Å²) in [5, 5.41) is 5.14. The van der Waals surface area contributed by atoms with E-state index >= 15 is 0 Å². The van der Waals surface area contributed by atoms with Gasteiger partial charge in [0.25, 0.3) is 0 Å². The van der Waals surface area contributed by atoms with Crippen LogP contribution in [0.25, 0.3) is 53.2 Å². The molecule has 0 N–H and O–H groups in total. The molecule has 1 heterocycles. The van der Waals surface area contributed by atoms with E-state index < -0.39 is 0 Å². The zero-order chi connectivity index (χ0) is 30.1.